The summed E-state index contributed by atoms with van der Waals surface area (Å²) in [4.78, 5) is 14.3. The lowest BCUT2D eigenvalue weighted by molar-refractivity contribution is -0.133. The Hall–Kier alpha value is -1.13. The summed E-state index contributed by atoms with van der Waals surface area (Å²) in [5.41, 5.74) is 1.07. The summed E-state index contributed by atoms with van der Waals surface area (Å²) in [5.74, 6) is 0.702. The highest BCUT2D eigenvalue weighted by Crippen LogP contribution is 2.23. The summed E-state index contributed by atoms with van der Waals surface area (Å²) in [7, 11) is 0. The molecule has 0 aliphatic carbocycles. The number of carbonyl (C=O) groups excluding carboxylic acids is 1. The normalized spacial score (nSPS) is 22.0. The van der Waals surface area contributed by atoms with Crippen LogP contribution in [0.2, 0.25) is 0 Å². The fourth-order valence-electron chi connectivity index (χ4n) is 3.65. The standard InChI is InChI=1S/C18H25FN2O.ClH/c19-16-4-1-3-15(12-16)11-14-6-9-21(10-7-14)18(22)13-17-5-2-8-20-17;/h1,3-4,12,14,17,20H,2,5-11,13H2;1H. The fraction of sp³-hybridized carbons (Fsp3) is 0.611. The number of likely N-dealkylation sites (tertiary alicyclic amines) is 1. The van der Waals surface area contributed by atoms with Crippen molar-refractivity contribution < 1.29 is 9.18 Å². The van der Waals surface area contributed by atoms with Gasteiger partial charge in [0, 0.05) is 25.6 Å². The van der Waals surface area contributed by atoms with E-state index in [-0.39, 0.29) is 18.2 Å². The number of hydrogen-bond acceptors (Lipinski definition) is 2. The lowest BCUT2D eigenvalue weighted by atomic mass is 9.90. The first-order valence-corrected chi connectivity index (χ1v) is 8.46. The highest BCUT2D eigenvalue weighted by Gasteiger charge is 2.25. The molecule has 0 spiro atoms. The van der Waals surface area contributed by atoms with Gasteiger partial charge in [-0.3, -0.25) is 4.79 Å². The highest BCUT2D eigenvalue weighted by atomic mass is 35.5. The quantitative estimate of drug-likeness (QED) is 0.913. The molecule has 2 fully saturated rings. The van der Waals surface area contributed by atoms with Gasteiger partial charge in [-0.2, -0.15) is 0 Å². The van der Waals surface area contributed by atoms with Crippen molar-refractivity contribution in [2.75, 3.05) is 19.6 Å². The summed E-state index contributed by atoms with van der Waals surface area (Å²) >= 11 is 0. The van der Waals surface area contributed by atoms with Crippen LogP contribution in [0, 0.1) is 11.7 Å². The number of carbonyl (C=O) groups is 1. The van der Waals surface area contributed by atoms with Crippen molar-refractivity contribution in [1.29, 1.82) is 0 Å². The maximum absolute atomic E-state index is 13.2. The number of benzene rings is 1. The molecule has 128 valence electrons. The number of nitrogens with one attached hydrogen (secondary N) is 1. The van der Waals surface area contributed by atoms with E-state index in [1.807, 2.05) is 11.0 Å². The molecule has 23 heavy (non-hydrogen) atoms. The Balaban J connectivity index is 0.00000192. The van der Waals surface area contributed by atoms with E-state index >= 15 is 0 Å². The van der Waals surface area contributed by atoms with Gasteiger partial charge in [-0.25, -0.2) is 4.39 Å². The molecule has 3 rings (SSSR count). The first-order valence-electron chi connectivity index (χ1n) is 8.46. The Bertz CT molecular complexity index is 511. The third kappa shape index (κ3) is 5.18. The topological polar surface area (TPSA) is 32.3 Å². The van der Waals surface area contributed by atoms with Gasteiger partial charge in [0.1, 0.15) is 5.82 Å². The summed E-state index contributed by atoms with van der Waals surface area (Å²) in [6, 6.07) is 7.27. The Morgan fingerprint density at radius 1 is 1.26 bits per heavy atom. The SMILES string of the molecule is Cl.O=C(CC1CCCN1)N1CCC(Cc2cccc(F)c2)CC1. The number of rotatable bonds is 4. The van der Waals surface area contributed by atoms with Gasteiger partial charge in [0.2, 0.25) is 5.91 Å². The van der Waals surface area contributed by atoms with Crippen molar-refractivity contribution in [3.8, 4) is 0 Å². The molecule has 0 bridgehead atoms. The van der Waals surface area contributed by atoms with Gasteiger partial charge in [-0.05, 0) is 62.3 Å². The van der Waals surface area contributed by atoms with E-state index in [1.54, 1.807) is 12.1 Å². The second kappa shape index (κ2) is 8.65. The van der Waals surface area contributed by atoms with Gasteiger partial charge in [0.25, 0.3) is 0 Å². The van der Waals surface area contributed by atoms with Gasteiger partial charge in [-0.15, -0.1) is 12.4 Å². The molecule has 5 heteroatoms. The molecule has 1 amide bonds. The van der Waals surface area contributed by atoms with Gasteiger partial charge in [0.05, 0.1) is 0 Å². The number of amides is 1. The fourth-order valence-corrected chi connectivity index (χ4v) is 3.65. The minimum absolute atomic E-state index is 0. The van der Waals surface area contributed by atoms with E-state index in [1.165, 1.54) is 12.5 Å². The Kier molecular flexibility index (Phi) is 6.85. The lowest BCUT2D eigenvalue weighted by Crippen LogP contribution is -2.41. The second-order valence-corrected chi connectivity index (χ2v) is 6.66. The second-order valence-electron chi connectivity index (χ2n) is 6.66. The van der Waals surface area contributed by atoms with E-state index in [0.717, 1.165) is 50.9 Å². The van der Waals surface area contributed by atoms with E-state index in [0.29, 0.717) is 24.3 Å². The van der Waals surface area contributed by atoms with E-state index in [2.05, 4.69) is 5.32 Å². The third-order valence-corrected chi connectivity index (χ3v) is 4.96. The molecule has 3 nitrogen and oxygen atoms in total. The molecule has 1 aromatic carbocycles. The molecule has 2 aliphatic heterocycles. The molecular formula is C18H26ClFN2O. The lowest BCUT2D eigenvalue weighted by Gasteiger charge is -2.32. The largest absolute Gasteiger partial charge is 0.343 e. The first kappa shape index (κ1) is 18.2. The first-order chi connectivity index (χ1) is 10.7. The van der Waals surface area contributed by atoms with E-state index in [9.17, 15) is 9.18 Å². The van der Waals surface area contributed by atoms with Crippen molar-refractivity contribution in [3.05, 3.63) is 35.6 Å². The summed E-state index contributed by atoms with van der Waals surface area (Å²) in [6.45, 7) is 2.75. The van der Waals surface area contributed by atoms with Gasteiger partial charge in [0.15, 0.2) is 0 Å². The van der Waals surface area contributed by atoms with Crippen LogP contribution < -0.4 is 5.32 Å². The monoisotopic (exact) mass is 340 g/mol. The Morgan fingerprint density at radius 3 is 2.70 bits per heavy atom. The van der Waals surface area contributed by atoms with Crippen LogP contribution in [0.15, 0.2) is 24.3 Å². The minimum Gasteiger partial charge on any atom is -0.343 e. The van der Waals surface area contributed by atoms with Crippen molar-refractivity contribution >= 4 is 18.3 Å². The van der Waals surface area contributed by atoms with Gasteiger partial charge < -0.3 is 10.2 Å². The van der Waals surface area contributed by atoms with Crippen LogP contribution in [0.1, 0.15) is 37.7 Å². The van der Waals surface area contributed by atoms with E-state index < -0.39 is 0 Å². The average Bonchev–Trinajstić information content (AvgIpc) is 3.01. The zero-order chi connectivity index (χ0) is 15.4. The third-order valence-electron chi connectivity index (χ3n) is 4.96. The van der Waals surface area contributed by atoms with Crippen LogP contribution in [0.3, 0.4) is 0 Å². The zero-order valence-corrected chi connectivity index (χ0v) is 14.3. The molecule has 0 saturated carbocycles. The average molecular weight is 341 g/mol. The molecule has 2 heterocycles. The summed E-state index contributed by atoms with van der Waals surface area (Å²) in [5, 5.41) is 3.39. The predicted molar refractivity (Wildman–Crippen MR) is 92.3 cm³/mol. The van der Waals surface area contributed by atoms with Crippen LogP contribution in [-0.4, -0.2) is 36.5 Å². The maximum Gasteiger partial charge on any atom is 0.224 e. The molecule has 2 aliphatic rings. The van der Waals surface area contributed by atoms with Crippen LogP contribution in [-0.2, 0) is 11.2 Å². The Labute approximate surface area is 144 Å². The molecule has 1 N–H and O–H groups in total. The van der Waals surface area contributed by atoms with Crippen molar-refractivity contribution in [1.82, 2.24) is 10.2 Å². The molecule has 1 atom stereocenters. The molecule has 0 aromatic heterocycles. The van der Waals surface area contributed by atoms with Crippen molar-refractivity contribution in [2.24, 2.45) is 5.92 Å². The van der Waals surface area contributed by atoms with E-state index in [4.69, 9.17) is 0 Å². The summed E-state index contributed by atoms with van der Waals surface area (Å²) in [6.07, 6.45) is 5.94. The molecule has 0 radical (unpaired) electrons. The van der Waals surface area contributed by atoms with Crippen LogP contribution in [0.25, 0.3) is 0 Å². The maximum atomic E-state index is 13.2. The molecule has 1 aromatic rings. The minimum atomic E-state index is -0.158. The Morgan fingerprint density at radius 2 is 2.04 bits per heavy atom. The number of hydrogen-bond donors (Lipinski definition) is 1. The van der Waals surface area contributed by atoms with Gasteiger partial charge in [-0.1, -0.05) is 12.1 Å². The smallest absolute Gasteiger partial charge is 0.224 e. The highest BCUT2D eigenvalue weighted by molar-refractivity contribution is 5.85. The number of nitrogens with zero attached hydrogens (tertiary/aromatic N) is 1. The van der Waals surface area contributed by atoms with Crippen LogP contribution >= 0.6 is 12.4 Å². The van der Waals surface area contributed by atoms with Crippen molar-refractivity contribution in [2.45, 2.75) is 44.6 Å². The van der Waals surface area contributed by atoms with Crippen LogP contribution in [0.4, 0.5) is 4.39 Å². The number of piperidine rings is 1. The van der Waals surface area contributed by atoms with Gasteiger partial charge >= 0.3 is 0 Å². The number of halogens is 2. The van der Waals surface area contributed by atoms with Crippen molar-refractivity contribution in [3.63, 3.8) is 0 Å². The predicted octanol–water partition coefficient (Wildman–Crippen LogP) is 3.17. The molecule has 2 saturated heterocycles. The molecule has 1 unspecified atom stereocenters. The van der Waals surface area contributed by atoms with Crippen LogP contribution in [0.5, 0.6) is 0 Å². The molecular weight excluding hydrogens is 315 g/mol. The summed E-state index contributed by atoms with van der Waals surface area (Å²) < 4.78 is 13.2. The zero-order valence-electron chi connectivity index (χ0n) is 13.5.